The highest BCUT2D eigenvalue weighted by Crippen LogP contribution is 2.77. The van der Waals surface area contributed by atoms with Gasteiger partial charge in [0.1, 0.15) is 6.17 Å². The molecule has 67 heavy (non-hydrogen) atoms. The van der Waals surface area contributed by atoms with E-state index in [1.807, 2.05) is 0 Å². The largest absolute Gasteiger partial charge is 0.366 e. The minimum atomic E-state index is -0.491. The van der Waals surface area contributed by atoms with E-state index >= 15 is 0 Å². The van der Waals surface area contributed by atoms with Gasteiger partial charge in [-0.15, -0.1) is 0 Å². The molecule has 0 fully saturated rings. The maximum Gasteiger partial charge on any atom is 0.104 e. The predicted molar refractivity (Wildman–Crippen MR) is 277 cm³/mol. The Morgan fingerprint density at radius 2 is 1.15 bits per heavy atom. The number of benzene rings is 9. The second-order valence-corrected chi connectivity index (χ2v) is 19.8. The first kappa shape index (κ1) is 38.7. The summed E-state index contributed by atoms with van der Waals surface area (Å²) in [5.74, 6) is 0.169. The van der Waals surface area contributed by atoms with Crippen LogP contribution >= 0.6 is 0 Å². The van der Waals surface area contributed by atoms with E-state index in [9.17, 15) is 0 Å². The molecule has 4 bridgehead atoms. The van der Waals surface area contributed by atoms with E-state index in [4.69, 9.17) is 0 Å². The van der Waals surface area contributed by atoms with Gasteiger partial charge in [0, 0.05) is 16.5 Å². The third kappa shape index (κ3) is 5.25. The minimum Gasteiger partial charge on any atom is -0.366 e. The molecule has 0 radical (unpaired) electrons. The molecule has 2 heteroatoms. The van der Waals surface area contributed by atoms with Crippen LogP contribution in [-0.4, -0.2) is 0 Å². The molecular formula is C65H50N2. The summed E-state index contributed by atoms with van der Waals surface area (Å²) >= 11 is 0. The van der Waals surface area contributed by atoms with Crippen LogP contribution in [0.4, 0.5) is 0 Å². The number of allylic oxidation sites excluding steroid dienone is 4. The van der Waals surface area contributed by atoms with Gasteiger partial charge in [-0.3, -0.25) is 5.32 Å². The maximum atomic E-state index is 3.95. The molecule has 9 aromatic carbocycles. The highest BCUT2D eigenvalue weighted by Gasteiger charge is 2.70. The van der Waals surface area contributed by atoms with Crippen molar-refractivity contribution in [3.8, 4) is 22.3 Å². The van der Waals surface area contributed by atoms with E-state index < -0.39 is 5.41 Å². The van der Waals surface area contributed by atoms with E-state index in [2.05, 4.69) is 248 Å². The van der Waals surface area contributed by atoms with Crippen molar-refractivity contribution in [2.75, 3.05) is 0 Å². The Labute approximate surface area is 393 Å². The fourth-order valence-corrected chi connectivity index (χ4v) is 14.0. The molecule has 6 unspecified atom stereocenters. The third-order valence-corrected chi connectivity index (χ3v) is 16.8. The van der Waals surface area contributed by atoms with Gasteiger partial charge in [0.25, 0.3) is 0 Å². The van der Waals surface area contributed by atoms with Crippen molar-refractivity contribution < 1.29 is 0 Å². The number of nitrogens with one attached hydrogen (secondary N) is 2. The zero-order valence-electron chi connectivity index (χ0n) is 37.6. The zero-order valence-corrected chi connectivity index (χ0v) is 37.6. The van der Waals surface area contributed by atoms with Crippen molar-refractivity contribution in [1.29, 1.82) is 0 Å². The molecule has 4 aliphatic carbocycles. The number of fused-ring (bicyclic) bond motifs is 9. The van der Waals surface area contributed by atoms with Crippen LogP contribution in [0.25, 0.3) is 49.5 Å². The van der Waals surface area contributed by atoms with Gasteiger partial charge in [0.2, 0.25) is 0 Å². The molecule has 0 saturated heterocycles. The maximum absolute atomic E-state index is 3.95. The van der Waals surface area contributed by atoms with E-state index in [-0.39, 0.29) is 29.0 Å². The lowest BCUT2D eigenvalue weighted by Crippen LogP contribution is -2.60. The SMILES string of the molecule is CC12C=CC=CC13Cc1c(ccc4c1C2(c1ccccc1)c1c-4c2ccccc2c2ccccc12)-c1ccccc1C3Cc1ccc(C2NC(c3ccccc3)=CC(c3ccccc3)N2)cc1. The molecular weight excluding hydrogens is 809 g/mol. The third-order valence-electron chi connectivity index (χ3n) is 16.8. The molecule has 1 heterocycles. The van der Waals surface area contributed by atoms with Crippen LogP contribution in [0.15, 0.2) is 231 Å². The summed E-state index contributed by atoms with van der Waals surface area (Å²) in [6.07, 6.45) is 14.2. The molecule has 14 rings (SSSR count). The number of hydrogen-bond donors (Lipinski definition) is 2. The smallest absolute Gasteiger partial charge is 0.104 e. The summed E-state index contributed by atoms with van der Waals surface area (Å²) in [5, 5.41) is 13.2. The fraction of sp³-hybridized carbons (Fsp3) is 0.138. The lowest BCUT2D eigenvalue weighted by atomic mass is 9.38. The molecule has 0 saturated carbocycles. The summed E-state index contributed by atoms with van der Waals surface area (Å²) in [7, 11) is 0. The van der Waals surface area contributed by atoms with Crippen molar-refractivity contribution in [1.82, 2.24) is 10.6 Å². The van der Waals surface area contributed by atoms with Gasteiger partial charge in [0.15, 0.2) is 0 Å². The van der Waals surface area contributed by atoms with Gasteiger partial charge in [-0.1, -0.05) is 231 Å². The monoisotopic (exact) mass is 858 g/mol. The Kier molecular flexibility index (Phi) is 8.37. The Balaban J connectivity index is 0.964. The lowest BCUT2D eigenvalue weighted by Gasteiger charge is -2.63. The summed E-state index contributed by atoms with van der Waals surface area (Å²) < 4.78 is 0. The van der Waals surface area contributed by atoms with Crippen LogP contribution in [0.5, 0.6) is 0 Å². The van der Waals surface area contributed by atoms with Gasteiger partial charge >= 0.3 is 0 Å². The second-order valence-electron chi connectivity index (χ2n) is 19.8. The van der Waals surface area contributed by atoms with Crippen molar-refractivity contribution in [3.63, 3.8) is 0 Å². The van der Waals surface area contributed by atoms with Crippen molar-refractivity contribution >= 4 is 27.2 Å². The number of rotatable bonds is 6. The Morgan fingerprint density at radius 1 is 0.522 bits per heavy atom. The van der Waals surface area contributed by atoms with Gasteiger partial charge < -0.3 is 5.32 Å². The van der Waals surface area contributed by atoms with E-state index in [0.717, 1.165) is 18.5 Å². The summed E-state index contributed by atoms with van der Waals surface area (Å²) in [6.45, 7) is 2.64. The van der Waals surface area contributed by atoms with Crippen molar-refractivity contribution in [2.45, 2.75) is 43.3 Å². The summed E-state index contributed by atoms with van der Waals surface area (Å²) in [4.78, 5) is 0. The van der Waals surface area contributed by atoms with Gasteiger partial charge in [0.05, 0.1) is 11.5 Å². The number of hydrogen-bond acceptors (Lipinski definition) is 2. The Bertz CT molecular complexity index is 3550. The predicted octanol–water partition coefficient (Wildman–Crippen LogP) is 15.0. The van der Waals surface area contributed by atoms with E-state index in [1.165, 1.54) is 93.9 Å². The average molecular weight is 859 g/mol. The van der Waals surface area contributed by atoms with Gasteiger partial charge in [-0.05, 0) is 119 Å². The molecule has 9 aromatic rings. The molecule has 0 aromatic heterocycles. The highest BCUT2D eigenvalue weighted by atomic mass is 15.2. The van der Waals surface area contributed by atoms with Crippen LogP contribution in [-0.2, 0) is 18.3 Å². The average Bonchev–Trinajstić information content (AvgIpc) is 3.68. The first-order valence-electron chi connectivity index (χ1n) is 24.1. The topological polar surface area (TPSA) is 24.1 Å². The van der Waals surface area contributed by atoms with Crippen molar-refractivity contribution in [3.05, 3.63) is 281 Å². The van der Waals surface area contributed by atoms with Crippen LogP contribution in [0.3, 0.4) is 0 Å². The van der Waals surface area contributed by atoms with Crippen LogP contribution in [0, 0.1) is 10.8 Å². The highest BCUT2D eigenvalue weighted by molar-refractivity contribution is 6.19. The van der Waals surface area contributed by atoms with Gasteiger partial charge in [-0.2, -0.15) is 0 Å². The lowest BCUT2D eigenvalue weighted by molar-refractivity contribution is 0.0523. The minimum absolute atomic E-state index is 0.0640. The molecule has 0 amide bonds. The summed E-state index contributed by atoms with van der Waals surface area (Å²) in [6, 6.07) is 75.7. The summed E-state index contributed by atoms with van der Waals surface area (Å²) in [5.41, 5.74) is 17.9. The normalized spacial score (nSPS) is 24.9. The van der Waals surface area contributed by atoms with E-state index in [1.54, 1.807) is 0 Å². The second kappa shape index (κ2) is 14.5. The first-order valence-corrected chi connectivity index (χ1v) is 24.1. The van der Waals surface area contributed by atoms with Crippen LogP contribution < -0.4 is 10.6 Å². The van der Waals surface area contributed by atoms with Gasteiger partial charge in [-0.25, -0.2) is 0 Å². The first-order chi connectivity index (χ1) is 33.1. The molecule has 5 aliphatic rings. The standard InChI is InChI=1S/C65H50N2/c1-63-37-17-18-38-64(63)41-55-50(35-36-54-59-52-29-15-12-26-48(52)49-27-13-16-30-53(49)61(59)65(63,60(54)55)46-23-9-4-10-24-46)47-25-11-14-28-51(47)56(64)39-42-31-33-45(34-32-42)62-66-57(43-19-5-2-6-20-43)40-58(67-62)44-21-7-3-8-22-44/h2-38,40,56-57,62,66-67H,39,41H2,1H3. The molecule has 2 N–H and O–H groups in total. The fourth-order valence-electron chi connectivity index (χ4n) is 14.0. The Morgan fingerprint density at radius 3 is 1.93 bits per heavy atom. The van der Waals surface area contributed by atoms with Crippen molar-refractivity contribution in [2.24, 2.45) is 10.8 Å². The quantitative estimate of drug-likeness (QED) is 0.163. The van der Waals surface area contributed by atoms with E-state index in [0.29, 0.717) is 0 Å². The molecule has 320 valence electrons. The van der Waals surface area contributed by atoms with Crippen LogP contribution in [0.2, 0.25) is 0 Å². The Hall–Kier alpha value is -7.52. The zero-order chi connectivity index (χ0) is 44.3. The molecule has 2 nitrogen and oxygen atoms in total. The molecule has 1 aliphatic heterocycles. The molecule has 6 atom stereocenters. The van der Waals surface area contributed by atoms with Crippen LogP contribution in [0.1, 0.15) is 75.1 Å². The molecule has 0 spiro atoms.